The molecule has 0 aliphatic carbocycles. The third kappa shape index (κ3) is 5.03. The Morgan fingerprint density at radius 2 is 1.33 bits per heavy atom. The molecule has 5 rings (SSSR count). The third-order valence-electron chi connectivity index (χ3n) is 6.65. The SMILES string of the molecule is Cc1cc(C)c(-n2cc[n+](C3=NC([n+]4ccn(-c5c(C)cc(C)cc5C)c4)N(C(=O)[O-])C(O)=N3)c2)c(C)c1.[Cl-]. The molecule has 2 aromatic carbocycles. The standard InChI is InChI=1S/C28H29N7O3.ClH/c1-17-11-19(3)23(20(4)12-17)31-7-9-33(15-31)25-29-26(35(28(37)38)27(36)30-25)34-10-8-32(16-34)24-21(5)13-18(2)14-22(24)6;/h7-16,26H,1-6H3;1H. The van der Waals surface area contributed by atoms with Crippen molar-refractivity contribution in [2.75, 3.05) is 0 Å². The van der Waals surface area contributed by atoms with E-state index in [2.05, 4.69) is 41.2 Å². The van der Waals surface area contributed by atoms with Crippen LogP contribution >= 0.6 is 0 Å². The smallest absolute Gasteiger partial charge is 0.394 e. The average Bonchev–Trinajstić information content (AvgIpc) is 3.47. The number of hydrogen-bond donors (Lipinski definition) is 1. The van der Waals surface area contributed by atoms with E-state index in [0.717, 1.165) is 39.2 Å². The summed E-state index contributed by atoms with van der Waals surface area (Å²) >= 11 is 0. The number of aromatic nitrogens is 4. The fourth-order valence-electron chi connectivity index (χ4n) is 5.34. The van der Waals surface area contributed by atoms with Crippen molar-refractivity contribution in [2.45, 2.75) is 47.8 Å². The molecule has 1 aliphatic rings. The number of hydrogen-bond acceptors (Lipinski definition) is 4. The van der Waals surface area contributed by atoms with Crippen molar-refractivity contribution in [3.05, 3.63) is 95.1 Å². The zero-order chi connectivity index (χ0) is 27.3. The number of carbonyl (C=O) groups excluding carboxylic acids is 1. The van der Waals surface area contributed by atoms with Gasteiger partial charge in [-0.15, -0.1) is 0 Å². The lowest BCUT2D eigenvalue weighted by molar-refractivity contribution is -0.737. The average molecular weight is 548 g/mol. The fraction of sp³-hybridized carbons (Fsp3) is 0.250. The molecule has 0 radical (unpaired) electrons. The highest BCUT2D eigenvalue weighted by Crippen LogP contribution is 2.22. The second-order valence-electron chi connectivity index (χ2n) is 9.81. The van der Waals surface area contributed by atoms with Crippen molar-refractivity contribution in [2.24, 2.45) is 9.98 Å². The maximum Gasteiger partial charge on any atom is 0.394 e. The molecular weight excluding hydrogens is 518 g/mol. The number of amidine groups is 1. The van der Waals surface area contributed by atoms with E-state index in [4.69, 9.17) is 0 Å². The fourth-order valence-corrected chi connectivity index (χ4v) is 5.34. The molecule has 4 aromatic rings. The van der Waals surface area contributed by atoms with Crippen LogP contribution in [0.25, 0.3) is 11.4 Å². The number of aliphatic imine (C=N–C) groups is 2. The van der Waals surface area contributed by atoms with Crippen LogP contribution in [0.3, 0.4) is 0 Å². The summed E-state index contributed by atoms with van der Waals surface area (Å²) in [6.45, 7) is 12.3. The molecule has 202 valence electrons. The molecule has 10 nitrogen and oxygen atoms in total. The van der Waals surface area contributed by atoms with Gasteiger partial charge in [0.1, 0.15) is 18.1 Å². The van der Waals surface area contributed by atoms with Gasteiger partial charge in [0.15, 0.2) is 12.4 Å². The summed E-state index contributed by atoms with van der Waals surface area (Å²) in [5, 5.41) is 22.6. The Bertz CT molecular complexity index is 1600. The first kappa shape index (κ1) is 27.6. The Labute approximate surface area is 232 Å². The molecule has 39 heavy (non-hydrogen) atoms. The first-order chi connectivity index (χ1) is 18.0. The molecule has 0 fully saturated rings. The van der Waals surface area contributed by atoms with Gasteiger partial charge in [-0.05, 0) is 68.8 Å². The zero-order valence-electron chi connectivity index (χ0n) is 22.6. The largest absolute Gasteiger partial charge is 1.00 e. The van der Waals surface area contributed by atoms with Crippen molar-refractivity contribution in [3.8, 4) is 11.4 Å². The number of carboxylic acid groups (broad SMARTS) is 1. The first-order valence-electron chi connectivity index (χ1n) is 12.2. The molecule has 1 aliphatic heterocycles. The van der Waals surface area contributed by atoms with E-state index in [1.54, 1.807) is 34.2 Å². The molecule has 1 N–H and O–H groups in total. The summed E-state index contributed by atoms with van der Waals surface area (Å²) in [4.78, 5) is 21.2. The predicted octanol–water partition coefficient (Wildman–Crippen LogP) is -0.369. The number of carbonyl (C=O) groups is 1. The maximum atomic E-state index is 12.0. The van der Waals surface area contributed by atoms with Crippen molar-refractivity contribution in [1.29, 1.82) is 0 Å². The molecule has 11 heteroatoms. The van der Waals surface area contributed by atoms with Crippen LogP contribution < -0.4 is 26.6 Å². The number of benzene rings is 2. The van der Waals surface area contributed by atoms with E-state index in [1.165, 1.54) is 5.56 Å². The lowest BCUT2D eigenvalue weighted by Gasteiger charge is -2.25. The van der Waals surface area contributed by atoms with Crippen LogP contribution in [0.1, 0.15) is 39.7 Å². The Hall–Kier alpha value is -4.44. The van der Waals surface area contributed by atoms with Crippen LogP contribution in [0.2, 0.25) is 0 Å². The Kier molecular flexibility index (Phi) is 7.34. The molecule has 1 atom stereocenters. The number of aryl methyl sites for hydroxylation is 6. The van der Waals surface area contributed by atoms with E-state index < -0.39 is 18.4 Å². The monoisotopic (exact) mass is 547 g/mol. The maximum absolute atomic E-state index is 12.0. The highest BCUT2D eigenvalue weighted by Gasteiger charge is 2.38. The molecular formula is C28H30ClN7O3. The molecule has 1 unspecified atom stereocenters. The van der Waals surface area contributed by atoms with Gasteiger partial charge in [-0.2, -0.15) is 14.0 Å². The van der Waals surface area contributed by atoms with E-state index in [0.29, 0.717) is 4.90 Å². The van der Waals surface area contributed by atoms with E-state index in [9.17, 15) is 15.0 Å². The summed E-state index contributed by atoms with van der Waals surface area (Å²) in [6, 6.07) is 7.69. The van der Waals surface area contributed by atoms with Crippen LogP contribution in [0.15, 0.2) is 71.7 Å². The van der Waals surface area contributed by atoms with Crippen LogP contribution in [0.4, 0.5) is 4.79 Å². The van der Waals surface area contributed by atoms with Crippen molar-refractivity contribution in [1.82, 2.24) is 14.0 Å². The van der Waals surface area contributed by atoms with Crippen LogP contribution in [-0.2, 0) is 0 Å². The number of rotatable bonds is 3. The summed E-state index contributed by atoms with van der Waals surface area (Å²) in [7, 11) is 0. The van der Waals surface area contributed by atoms with E-state index >= 15 is 0 Å². The summed E-state index contributed by atoms with van der Waals surface area (Å²) in [5.41, 5.74) is 8.75. The second kappa shape index (κ2) is 10.4. The van der Waals surface area contributed by atoms with Gasteiger partial charge in [-0.25, -0.2) is 4.57 Å². The molecule has 0 bridgehead atoms. The normalized spacial score (nSPS) is 15.0. The first-order valence-corrected chi connectivity index (χ1v) is 12.2. The zero-order valence-corrected chi connectivity index (χ0v) is 23.4. The van der Waals surface area contributed by atoms with E-state index in [-0.39, 0.29) is 18.4 Å². The van der Waals surface area contributed by atoms with Crippen LogP contribution in [-0.4, -0.2) is 37.2 Å². The number of aliphatic hydroxyl groups excluding tert-OH is 1. The molecule has 2 aromatic heterocycles. The second-order valence-corrected chi connectivity index (χ2v) is 9.81. The molecule has 1 amide bonds. The van der Waals surface area contributed by atoms with Crippen LogP contribution in [0, 0.1) is 41.5 Å². The van der Waals surface area contributed by atoms with Gasteiger partial charge in [0.05, 0.1) is 18.1 Å². The van der Waals surface area contributed by atoms with Gasteiger partial charge < -0.3 is 27.4 Å². The van der Waals surface area contributed by atoms with Gasteiger partial charge in [-0.3, -0.25) is 4.57 Å². The Balaban J connectivity index is 0.00000353. The summed E-state index contributed by atoms with van der Waals surface area (Å²) in [6.07, 6.45) is 7.91. The molecule has 0 saturated heterocycles. The predicted molar refractivity (Wildman–Crippen MR) is 140 cm³/mol. The van der Waals surface area contributed by atoms with E-state index in [1.807, 2.05) is 56.1 Å². The van der Waals surface area contributed by atoms with Gasteiger partial charge in [0.2, 0.25) is 0 Å². The van der Waals surface area contributed by atoms with Gasteiger partial charge in [-0.1, -0.05) is 40.4 Å². The summed E-state index contributed by atoms with van der Waals surface area (Å²) < 4.78 is 7.08. The number of imidazole rings is 2. The molecule has 3 heterocycles. The Morgan fingerprint density at radius 3 is 1.85 bits per heavy atom. The molecule has 0 saturated carbocycles. The molecule has 0 spiro atoms. The van der Waals surface area contributed by atoms with Crippen molar-refractivity contribution < 1.29 is 36.5 Å². The quantitative estimate of drug-likeness (QED) is 0.354. The number of nitrogens with zero attached hydrogens (tertiary/aromatic N) is 7. The minimum absolute atomic E-state index is 0. The number of aliphatic hydroxyl groups is 1. The van der Waals surface area contributed by atoms with Crippen molar-refractivity contribution >= 4 is 18.1 Å². The number of halogens is 1. The highest BCUT2D eigenvalue weighted by molar-refractivity contribution is 5.95. The minimum Gasteiger partial charge on any atom is -1.00 e. The minimum atomic E-state index is -1.62. The highest BCUT2D eigenvalue weighted by atomic mass is 35.5. The third-order valence-corrected chi connectivity index (χ3v) is 6.65. The van der Waals surface area contributed by atoms with Crippen molar-refractivity contribution in [3.63, 3.8) is 0 Å². The summed E-state index contributed by atoms with van der Waals surface area (Å²) in [5.74, 6) is 0.133. The van der Waals surface area contributed by atoms with Gasteiger partial charge in [0.25, 0.3) is 6.33 Å². The van der Waals surface area contributed by atoms with Gasteiger partial charge in [0, 0.05) is 0 Å². The topological polar surface area (TPSA) is 106 Å². The Morgan fingerprint density at radius 1 is 0.846 bits per heavy atom. The van der Waals surface area contributed by atoms with Crippen LogP contribution in [0.5, 0.6) is 0 Å². The lowest BCUT2D eigenvalue weighted by atomic mass is 10.1. The lowest BCUT2D eigenvalue weighted by Crippen LogP contribution is -3.00. The number of amides is 1. The van der Waals surface area contributed by atoms with Gasteiger partial charge >= 0.3 is 18.3 Å².